The minimum Gasteiger partial charge on any atom is -0.497 e. The smallest absolute Gasteiger partial charge is 0.262 e. The zero-order chi connectivity index (χ0) is 21.0. The lowest BCUT2D eigenvalue weighted by molar-refractivity contribution is 0.102. The van der Waals surface area contributed by atoms with Crippen LogP contribution in [0.4, 0.5) is 11.4 Å². The number of rotatable bonds is 6. The van der Waals surface area contributed by atoms with Gasteiger partial charge in [-0.25, -0.2) is 8.42 Å². The van der Waals surface area contributed by atoms with Crippen molar-refractivity contribution in [3.05, 3.63) is 82.3 Å². The van der Waals surface area contributed by atoms with Crippen LogP contribution in [0.5, 0.6) is 5.75 Å². The van der Waals surface area contributed by atoms with E-state index in [-0.39, 0.29) is 10.8 Å². The summed E-state index contributed by atoms with van der Waals surface area (Å²) < 4.78 is 34.2. The number of ether oxygens (including phenoxy) is 1. The minimum atomic E-state index is -3.84. The second kappa shape index (κ2) is 8.67. The van der Waals surface area contributed by atoms with Crippen molar-refractivity contribution in [3.8, 4) is 5.75 Å². The predicted octanol–water partition coefficient (Wildman–Crippen LogP) is 4.82. The Kier molecular flexibility index (Phi) is 6.24. The van der Waals surface area contributed by atoms with E-state index in [1.807, 2.05) is 0 Å². The number of sulfonamides is 1. The zero-order valence-corrected chi connectivity index (χ0v) is 18.2. The van der Waals surface area contributed by atoms with Crippen molar-refractivity contribution in [2.24, 2.45) is 0 Å². The van der Waals surface area contributed by atoms with Gasteiger partial charge in [0.05, 0.1) is 12.0 Å². The normalized spacial score (nSPS) is 11.0. The summed E-state index contributed by atoms with van der Waals surface area (Å²) in [6.45, 7) is 1.70. The molecule has 0 atom stereocenters. The average Bonchev–Trinajstić information content (AvgIpc) is 2.70. The summed E-state index contributed by atoms with van der Waals surface area (Å²) >= 11 is 3.32. The van der Waals surface area contributed by atoms with Crippen molar-refractivity contribution in [2.45, 2.75) is 11.8 Å². The Morgan fingerprint density at radius 2 is 1.55 bits per heavy atom. The largest absolute Gasteiger partial charge is 0.497 e. The Balaban J connectivity index is 1.83. The molecule has 0 bridgehead atoms. The highest BCUT2D eigenvalue weighted by atomic mass is 79.9. The highest BCUT2D eigenvalue weighted by molar-refractivity contribution is 9.10. The van der Waals surface area contributed by atoms with E-state index in [0.717, 1.165) is 4.47 Å². The molecule has 8 heteroatoms. The van der Waals surface area contributed by atoms with Crippen LogP contribution in [0.25, 0.3) is 0 Å². The van der Waals surface area contributed by atoms with Crippen LogP contribution in [-0.4, -0.2) is 21.4 Å². The Labute approximate surface area is 178 Å². The molecule has 0 aromatic heterocycles. The molecule has 0 fully saturated rings. The van der Waals surface area contributed by atoms with Gasteiger partial charge in [-0.1, -0.05) is 22.0 Å². The number of carbonyl (C=O) groups excluding carboxylic acids is 1. The van der Waals surface area contributed by atoms with E-state index in [0.29, 0.717) is 28.3 Å². The summed E-state index contributed by atoms with van der Waals surface area (Å²) in [5.74, 6) is 0.301. The van der Waals surface area contributed by atoms with Gasteiger partial charge in [0.2, 0.25) is 0 Å². The minimum absolute atomic E-state index is 0.0851. The van der Waals surface area contributed by atoms with Crippen LogP contribution in [0.2, 0.25) is 0 Å². The fraction of sp³-hybridized carbons (Fsp3) is 0.0952. The van der Waals surface area contributed by atoms with E-state index in [1.54, 1.807) is 67.6 Å². The average molecular weight is 475 g/mol. The third-order valence-corrected chi connectivity index (χ3v) is 6.24. The number of carbonyl (C=O) groups is 1. The lowest BCUT2D eigenvalue weighted by Crippen LogP contribution is -2.16. The molecule has 0 radical (unpaired) electrons. The first-order valence-electron chi connectivity index (χ1n) is 8.63. The molecular formula is C21H19BrN2O4S. The number of aryl methyl sites for hydroxylation is 1. The van der Waals surface area contributed by atoms with Crippen molar-refractivity contribution in [1.29, 1.82) is 0 Å². The molecule has 2 N–H and O–H groups in total. The summed E-state index contributed by atoms with van der Waals surface area (Å²) in [4.78, 5) is 12.5. The van der Waals surface area contributed by atoms with Gasteiger partial charge in [-0.3, -0.25) is 9.52 Å². The first-order chi connectivity index (χ1) is 13.8. The van der Waals surface area contributed by atoms with Crippen LogP contribution in [0.3, 0.4) is 0 Å². The second-order valence-corrected chi connectivity index (χ2v) is 8.84. The highest BCUT2D eigenvalue weighted by Gasteiger charge is 2.18. The molecule has 3 aromatic carbocycles. The van der Waals surface area contributed by atoms with Gasteiger partial charge in [0.15, 0.2) is 0 Å². The molecule has 3 aromatic rings. The molecule has 0 saturated heterocycles. The Bertz CT molecular complexity index is 1130. The molecule has 0 aliphatic rings. The lowest BCUT2D eigenvalue weighted by atomic mass is 10.2. The topological polar surface area (TPSA) is 84.5 Å². The summed E-state index contributed by atoms with van der Waals surface area (Å²) in [6.07, 6.45) is 0. The van der Waals surface area contributed by atoms with E-state index < -0.39 is 10.0 Å². The van der Waals surface area contributed by atoms with Crippen molar-refractivity contribution in [2.75, 3.05) is 17.1 Å². The van der Waals surface area contributed by atoms with Crippen molar-refractivity contribution in [1.82, 2.24) is 0 Å². The number of amides is 1. The Morgan fingerprint density at radius 3 is 2.17 bits per heavy atom. The van der Waals surface area contributed by atoms with Crippen LogP contribution >= 0.6 is 15.9 Å². The fourth-order valence-corrected chi connectivity index (χ4v) is 4.24. The molecule has 6 nitrogen and oxygen atoms in total. The molecule has 150 valence electrons. The van der Waals surface area contributed by atoms with Gasteiger partial charge in [0, 0.05) is 21.4 Å². The number of anilines is 2. The maximum atomic E-state index is 12.9. The Morgan fingerprint density at radius 1 is 0.931 bits per heavy atom. The summed E-state index contributed by atoms with van der Waals surface area (Å²) in [7, 11) is -2.30. The van der Waals surface area contributed by atoms with Crippen LogP contribution in [-0.2, 0) is 10.0 Å². The number of benzene rings is 3. The standard InChI is InChI=1S/C21H19BrN2O4S/c1-14-3-8-18(23-21(25)15-4-6-16(22)7-5-15)13-20(14)29(26,27)24-17-9-11-19(28-2)12-10-17/h3-13,24H,1-2H3,(H,23,25). The Hall–Kier alpha value is -2.84. The van der Waals surface area contributed by atoms with Crippen LogP contribution in [0.15, 0.2) is 76.1 Å². The molecule has 0 unspecified atom stereocenters. The number of nitrogens with one attached hydrogen (secondary N) is 2. The molecule has 1 amide bonds. The number of methoxy groups -OCH3 is 1. The zero-order valence-electron chi connectivity index (χ0n) is 15.8. The SMILES string of the molecule is COc1ccc(NS(=O)(=O)c2cc(NC(=O)c3ccc(Br)cc3)ccc2C)cc1. The maximum Gasteiger partial charge on any atom is 0.262 e. The van der Waals surface area contributed by atoms with Gasteiger partial charge in [-0.05, 0) is 73.2 Å². The molecule has 0 heterocycles. The number of hydrogen-bond donors (Lipinski definition) is 2. The molecule has 3 rings (SSSR count). The van der Waals surface area contributed by atoms with E-state index >= 15 is 0 Å². The first-order valence-corrected chi connectivity index (χ1v) is 10.9. The van der Waals surface area contributed by atoms with Crippen LogP contribution in [0.1, 0.15) is 15.9 Å². The highest BCUT2D eigenvalue weighted by Crippen LogP contribution is 2.24. The maximum absolute atomic E-state index is 12.9. The summed E-state index contributed by atoms with van der Waals surface area (Å²) in [6, 6.07) is 18.2. The van der Waals surface area contributed by atoms with Gasteiger partial charge in [0.1, 0.15) is 5.75 Å². The second-order valence-electron chi connectivity index (χ2n) is 6.28. The van der Waals surface area contributed by atoms with Gasteiger partial charge in [-0.2, -0.15) is 0 Å². The predicted molar refractivity (Wildman–Crippen MR) is 117 cm³/mol. The molecule has 0 aliphatic carbocycles. The van der Waals surface area contributed by atoms with Crippen LogP contribution < -0.4 is 14.8 Å². The molecule has 0 spiro atoms. The van der Waals surface area contributed by atoms with E-state index in [4.69, 9.17) is 4.74 Å². The van der Waals surface area contributed by atoms with Gasteiger partial charge < -0.3 is 10.1 Å². The van der Waals surface area contributed by atoms with Crippen molar-refractivity contribution >= 4 is 43.2 Å². The van der Waals surface area contributed by atoms with E-state index in [1.165, 1.54) is 13.2 Å². The molecule has 0 saturated carbocycles. The van der Waals surface area contributed by atoms with Gasteiger partial charge in [0.25, 0.3) is 15.9 Å². The quantitative estimate of drug-likeness (QED) is 0.536. The van der Waals surface area contributed by atoms with E-state index in [9.17, 15) is 13.2 Å². The van der Waals surface area contributed by atoms with Crippen molar-refractivity contribution in [3.63, 3.8) is 0 Å². The monoisotopic (exact) mass is 474 g/mol. The molecule has 29 heavy (non-hydrogen) atoms. The third kappa shape index (κ3) is 5.16. The van der Waals surface area contributed by atoms with Gasteiger partial charge in [-0.15, -0.1) is 0 Å². The van der Waals surface area contributed by atoms with Crippen LogP contribution in [0, 0.1) is 6.92 Å². The number of halogens is 1. The fourth-order valence-electron chi connectivity index (χ4n) is 2.64. The lowest BCUT2D eigenvalue weighted by Gasteiger charge is -2.13. The number of hydrogen-bond acceptors (Lipinski definition) is 4. The van der Waals surface area contributed by atoms with E-state index in [2.05, 4.69) is 26.0 Å². The first kappa shape index (κ1) is 20.9. The molecular weight excluding hydrogens is 456 g/mol. The summed E-state index contributed by atoms with van der Waals surface area (Å²) in [5.41, 5.74) is 1.83. The summed E-state index contributed by atoms with van der Waals surface area (Å²) in [5, 5.41) is 2.73. The van der Waals surface area contributed by atoms with Crippen molar-refractivity contribution < 1.29 is 17.9 Å². The molecule has 0 aliphatic heterocycles. The van der Waals surface area contributed by atoms with Gasteiger partial charge >= 0.3 is 0 Å². The third-order valence-electron chi connectivity index (χ3n) is 4.18.